The first-order valence-electron chi connectivity index (χ1n) is 15.3. The minimum absolute atomic E-state index is 0.0368. The molecule has 0 aromatic heterocycles. The number of benzene rings is 2. The molecule has 2 aromatic rings. The summed E-state index contributed by atoms with van der Waals surface area (Å²) >= 11 is 0. The van der Waals surface area contributed by atoms with E-state index < -0.39 is 17.8 Å². The number of carbonyl (C=O) groups is 3. The van der Waals surface area contributed by atoms with Gasteiger partial charge in [-0.15, -0.1) is 0 Å². The lowest BCUT2D eigenvalue weighted by atomic mass is 9.99. The standard InChI is InChI=1S/C33H45N3O8/c1-33(2,3)44-31(40)27-7-6-18-36(27)20-26-19-28(23-12-10-22(21-37)11-13-23)43-32(42-26)24-14-16-25(17-15-24)34-29(38)8-4-5-9-30(39)35-41/h10-17,26-28,32,37,41H,4-9,18-21H2,1-3H3,(H,34,38)(H,35,39). The van der Waals surface area contributed by atoms with Crippen molar-refractivity contribution in [3.05, 3.63) is 65.2 Å². The zero-order valence-corrected chi connectivity index (χ0v) is 25.8. The highest BCUT2D eigenvalue weighted by Gasteiger charge is 2.38. The highest BCUT2D eigenvalue weighted by molar-refractivity contribution is 5.90. The van der Waals surface area contributed by atoms with Gasteiger partial charge in [0.05, 0.1) is 18.8 Å². The van der Waals surface area contributed by atoms with Gasteiger partial charge in [0.1, 0.15) is 11.6 Å². The summed E-state index contributed by atoms with van der Waals surface area (Å²) in [6, 6.07) is 14.7. The highest BCUT2D eigenvalue weighted by atomic mass is 16.7. The van der Waals surface area contributed by atoms with E-state index in [1.807, 2.05) is 57.2 Å². The number of rotatable bonds is 12. The number of nitrogens with zero attached hydrogens (tertiary/aromatic N) is 1. The normalized spacial score (nSPS) is 22.4. The fourth-order valence-corrected chi connectivity index (χ4v) is 5.55. The van der Waals surface area contributed by atoms with Gasteiger partial charge in [0, 0.05) is 37.1 Å². The van der Waals surface area contributed by atoms with E-state index in [1.165, 1.54) is 0 Å². The van der Waals surface area contributed by atoms with Gasteiger partial charge in [0.15, 0.2) is 6.29 Å². The van der Waals surface area contributed by atoms with Crippen LogP contribution in [0.3, 0.4) is 0 Å². The van der Waals surface area contributed by atoms with E-state index in [0.29, 0.717) is 31.5 Å². The molecule has 2 aromatic carbocycles. The molecule has 2 amide bonds. The van der Waals surface area contributed by atoms with Gasteiger partial charge < -0.3 is 24.6 Å². The van der Waals surface area contributed by atoms with Crippen LogP contribution in [0.2, 0.25) is 0 Å². The van der Waals surface area contributed by atoms with Crippen LogP contribution < -0.4 is 10.8 Å². The van der Waals surface area contributed by atoms with Crippen molar-refractivity contribution in [2.24, 2.45) is 0 Å². The third kappa shape index (κ3) is 9.83. The zero-order chi connectivity index (χ0) is 31.7. The first kappa shape index (κ1) is 33.5. The molecular formula is C33H45N3O8. The Balaban J connectivity index is 1.43. The molecule has 0 saturated carbocycles. The molecule has 2 aliphatic heterocycles. The van der Waals surface area contributed by atoms with Crippen molar-refractivity contribution >= 4 is 23.5 Å². The summed E-state index contributed by atoms with van der Waals surface area (Å²) in [5.41, 5.74) is 4.26. The van der Waals surface area contributed by atoms with Crippen molar-refractivity contribution in [1.82, 2.24) is 10.4 Å². The second-order valence-corrected chi connectivity index (χ2v) is 12.4. The van der Waals surface area contributed by atoms with Crippen molar-refractivity contribution < 1.29 is 38.9 Å². The summed E-state index contributed by atoms with van der Waals surface area (Å²) in [6.45, 7) is 6.94. The molecule has 4 unspecified atom stereocenters. The number of nitrogens with one attached hydrogen (secondary N) is 2. The predicted octanol–water partition coefficient (Wildman–Crippen LogP) is 4.53. The molecule has 2 aliphatic rings. The van der Waals surface area contributed by atoms with E-state index in [1.54, 1.807) is 17.6 Å². The second-order valence-electron chi connectivity index (χ2n) is 12.4. The quantitative estimate of drug-likeness (QED) is 0.118. The largest absolute Gasteiger partial charge is 0.459 e. The predicted molar refractivity (Wildman–Crippen MR) is 162 cm³/mol. The Morgan fingerprint density at radius 3 is 2.25 bits per heavy atom. The summed E-state index contributed by atoms with van der Waals surface area (Å²) < 4.78 is 18.6. The Hall–Kier alpha value is -3.35. The van der Waals surface area contributed by atoms with Crippen molar-refractivity contribution in [2.75, 3.05) is 18.4 Å². The molecule has 0 bridgehead atoms. The van der Waals surface area contributed by atoms with Gasteiger partial charge >= 0.3 is 5.97 Å². The number of hydrogen-bond acceptors (Lipinski definition) is 9. The number of aliphatic hydroxyl groups is 1. The zero-order valence-electron chi connectivity index (χ0n) is 25.8. The number of ether oxygens (including phenoxy) is 3. The summed E-state index contributed by atoms with van der Waals surface area (Å²) in [4.78, 5) is 38.6. The van der Waals surface area contributed by atoms with Gasteiger partial charge in [-0.25, -0.2) is 5.48 Å². The number of aliphatic hydroxyl groups excluding tert-OH is 1. The van der Waals surface area contributed by atoms with Crippen LogP contribution in [0.25, 0.3) is 0 Å². The molecule has 0 spiro atoms. The Bertz CT molecular complexity index is 1250. The number of hydrogen-bond donors (Lipinski definition) is 4. The summed E-state index contributed by atoms with van der Waals surface area (Å²) in [5, 5.41) is 20.9. The van der Waals surface area contributed by atoms with E-state index in [2.05, 4.69) is 10.2 Å². The van der Waals surface area contributed by atoms with Crippen LogP contribution in [0.1, 0.15) is 94.8 Å². The number of amides is 2. The van der Waals surface area contributed by atoms with Gasteiger partial charge in [-0.2, -0.15) is 0 Å². The van der Waals surface area contributed by atoms with E-state index in [0.717, 1.165) is 36.1 Å². The van der Waals surface area contributed by atoms with Crippen LogP contribution in [0, 0.1) is 0 Å². The lowest BCUT2D eigenvalue weighted by Crippen LogP contribution is -2.45. The van der Waals surface area contributed by atoms with E-state index >= 15 is 0 Å². The molecule has 4 rings (SSSR count). The Kier molecular flexibility index (Phi) is 11.9. The van der Waals surface area contributed by atoms with E-state index in [9.17, 15) is 19.5 Å². The van der Waals surface area contributed by atoms with Crippen LogP contribution in [0.15, 0.2) is 48.5 Å². The fraction of sp³-hybridized carbons (Fsp3) is 0.545. The summed E-state index contributed by atoms with van der Waals surface area (Å²) in [6.07, 6.45) is 2.55. The van der Waals surface area contributed by atoms with Crippen molar-refractivity contribution in [2.45, 2.75) is 102 Å². The first-order valence-corrected chi connectivity index (χ1v) is 15.3. The maximum atomic E-state index is 13.0. The highest BCUT2D eigenvalue weighted by Crippen LogP contribution is 2.39. The van der Waals surface area contributed by atoms with Gasteiger partial charge in [-0.3, -0.25) is 24.5 Å². The molecule has 2 saturated heterocycles. The molecule has 44 heavy (non-hydrogen) atoms. The maximum absolute atomic E-state index is 13.0. The van der Waals surface area contributed by atoms with Crippen LogP contribution >= 0.6 is 0 Å². The van der Waals surface area contributed by atoms with Crippen molar-refractivity contribution in [3.63, 3.8) is 0 Å². The van der Waals surface area contributed by atoms with Crippen molar-refractivity contribution in [1.29, 1.82) is 0 Å². The SMILES string of the molecule is CC(C)(C)OC(=O)C1CCCN1CC1CC(c2ccc(CO)cc2)OC(c2ccc(NC(=O)CCCCC(=O)NO)cc2)O1. The molecule has 0 aliphatic carbocycles. The number of anilines is 1. The summed E-state index contributed by atoms with van der Waals surface area (Å²) in [7, 11) is 0. The van der Waals surface area contributed by atoms with Gasteiger partial charge in [-0.1, -0.05) is 36.4 Å². The fourth-order valence-electron chi connectivity index (χ4n) is 5.55. The minimum atomic E-state index is -0.665. The van der Waals surface area contributed by atoms with Crippen LogP contribution in [0.5, 0.6) is 0 Å². The Labute approximate surface area is 258 Å². The number of likely N-dealkylation sites (tertiary alicyclic amines) is 1. The van der Waals surface area contributed by atoms with Crippen molar-refractivity contribution in [3.8, 4) is 0 Å². The molecule has 240 valence electrons. The molecule has 0 radical (unpaired) electrons. The Morgan fingerprint density at radius 1 is 0.955 bits per heavy atom. The summed E-state index contributed by atoms with van der Waals surface area (Å²) in [5.74, 6) is -0.838. The monoisotopic (exact) mass is 611 g/mol. The smallest absolute Gasteiger partial charge is 0.323 e. The molecule has 11 heteroatoms. The van der Waals surface area contributed by atoms with E-state index in [4.69, 9.17) is 19.4 Å². The second kappa shape index (κ2) is 15.6. The molecule has 4 atom stereocenters. The number of unbranched alkanes of at least 4 members (excludes halogenated alkanes) is 1. The lowest BCUT2D eigenvalue weighted by Gasteiger charge is -2.38. The maximum Gasteiger partial charge on any atom is 0.323 e. The van der Waals surface area contributed by atoms with Crippen LogP contribution in [-0.4, -0.2) is 63.8 Å². The van der Waals surface area contributed by atoms with Gasteiger partial charge in [0.25, 0.3) is 0 Å². The number of carbonyl (C=O) groups excluding carboxylic acids is 3. The number of esters is 1. The molecular weight excluding hydrogens is 566 g/mol. The van der Waals surface area contributed by atoms with Gasteiger partial charge in [-0.05, 0) is 76.3 Å². The third-order valence-electron chi connectivity index (χ3n) is 7.74. The average molecular weight is 612 g/mol. The average Bonchev–Trinajstić information content (AvgIpc) is 3.47. The Morgan fingerprint density at radius 2 is 1.61 bits per heavy atom. The van der Waals surface area contributed by atoms with Gasteiger partial charge in [0.2, 0.25) is 11.8 Å². The first-order chi connectivity index (χ1) is 21.0. The topological polar surface area (TPSA) is 147 Å². The van der Waals surface area contributed by atoms with Crippen LogP contribution in [0.4, 0.5) is 5.69 Å². The van der Waals surface area contributed by atoms with E-state index in [-0.39, 0.29) is 49.6 Å². The molecule has 2 heterocycles. The molecule has 4 N–H and O–H groups in total. The lowest BCUT2D eigenvalue weighted by molar-refractivity contribution is -0.253. The minimum Gasteiger partial charge on any atom is -0.459 e. The third-order valence-corrected chi connectivity index (χ3v) is 7.74. The molecule has 11 nitrogen and oxygen atoms in total. The molecule has 2 fully saturated rings. The van der Waals surface area contributed by atoms with Crippen LogP contribution in [-0.2, 0) is 35.2 Å². The number of hydroxylamine groups is 1.